The first-order chi connectivity index (χ1) is 13.7. The lowest BCUT2D eigenvalue weighted by molar-refractivity contribution is -0.928. The van der Waals surface area contributed by atoms with Crippen LogP contribution in [0.15, 0.2) is 83.8 Å². The highest BCUT2D eigenvalue weighted by Gasteiger charge is 2.39. The van der Waals surface area contributed by atoms with Gasteiger partial charge >= 0.3 is 0 Å². The van der Waals surface area contributed by atoms with E-state index in [-0.39, 0.29) is 6.04 Å². The number of hydrogen-bond acceptors (Lipinski definition) is 2. The molecule has 5 rings (SSSR count). The molecular formula is C23H23N2O2S+. The number of nitrogens with one attached hydrogen (secondary N) is 1. The van der Waals surface area contributed by atoms with Gasteiger partial charge in [-0.25, -0.2) is 8.42 Å². The standard InChI is InChI=1S/C23H22N2O2S/c26-28(27,18-8-2-1-3-9-18)25-16-14-24(15-17-25)23-21-12-6-4-10-19(21)20-11-5-7-13-22(20)23/h1-13,23H,14-17H2/p+1. The maximum Gasteiger partial charge on any atom is 0.243 e. The van der Waals surface area contributed by atoms with Crippen LogP contribution in [0.4, 0.5) is 0 Å². The predicted molar refractivity (Wildman–Crippen MR) is 110 cm³/mol. The summed E-state index contributed by atoms with van der Waals surface area (Å²) in [5.41, 5.74) is 5.35. The van der Waals surface area contributed by atoms with Crippen LogP contribution in [-0.4, -0.2) is 38.9 Å². The van der Waals surface area contributed by atoms with E-state index >= 15 is 0 Å². The summed E-state index contributed by atoms with van der Waals surface area (Å²) in [6, 6.07) is 26.3. The Balaban J connectivity index is 1.41. The van der Waals surface area contributed by atoms with Crippen LogP contribution in [0.5, 0.6) is 0 Å². The Morgan fingerprint density at radius 1 is 0.714 bits per heavy atom. The Hall–Kier alpha value is -2.47. The minimum absolute atomic E-state index is 0.286. The molecule has 28 heavy (non-hydrogen) atoms. The molecule has 0 spiro atoms. The summed E-state index contributed by atoms with van der Waals surface area (Å²) in [6.45, 7) is 2.71. The minimum atomic E-state index is -3.41. The first kappa shape index (κ1) is 17.6. The first-order valence-corrected chi connectivity index (χ1v) is 11.2. The molecule has 0 radical (unpaired) electrons. The van der Waals surface area contributed by atoms with Crippen LogP contribution in [0.25, 0.3) is 11.1 Å². The van der Waals surface area contributed by atoms with E-state index in [1.165, 1.54) is 27.2 Å². The second-order valence-electron chi connectivity index (χ2n) is 7.48. The van der Waals surface area contributed by atoms with E-state index in [9.17, 15) is 8.42 Å². The molecule has 0 aromatic heterocycles. The molecule has 4 nitrogen and oxygen atoms in total. The van der Waals surface area contributed by atoms with Crippen LogP contribution in [0.3, 0.4) is 0 Å². The molecule has 0 saturated carbocycles. The largest absolute Gasteiger partial charge is 0.323 e. The fraction of sp³-hybridized carbons (Fsp3) is 0.217. The molecule has 1 aliphatic heterocycles. The van der Waals surface area contributed by atoms with Crippen LogP contribution < -0.4 is 4.90 Å². The molecule has 1 heterocycles. The van der Waals surface area contributed by atoms with E-state index in [0.29, 0.717) is 18.0 Å². The molecule has 0 atom stereocenters. The average molecular weight is 392 g/mol. The van der Waals surface area contributed by atoms with Crippen molar-refractivity contribution in [2.75, 3.05) is 26.2 Å². The van der Waals surface area contributed by atoms with Crippen molar-refractivity contribution in [3.8, 4) is 11.1 Å². The van der Waals surface area contributed by atoms with Gasteiger partial charge in [-0.15, -0.1) is 0 Å². The maximum absolute atomic E-state index is 12.9. The van der Waals surface area contributed by atoms with Crippen molar-refractivity contribution in [3.63, 3.8) is 0 Å². The van der Waals surface area contributed by atoms with Gasteiger partial charge in [0, 0.05) is 11.1 Å². The van der Waals surface area contributed by atoms with Crippen molar-refractivity contribution in [1.29, 1.82) is 0 Å². The quantitative estimate of drug-likeness (QED) is 0.745. The third kappa shape index (κ3) is 2.78. The van der Waals surface area contributed by atoms with Crippen molar-refractivity contribution < 1.29 is 13.3 Å². The summed E-state index contributed by atoms with van der Waals surface area (Å²) in [5, 5.41) is 0. The summed E-state index contributed by atoms with van der Waals surface area (Å²) in [6.07, 6.45) is 0. The summed E-state index contributed by atoms with van der Waals surface area (Å²) in [7, 11) is -3.41. The van der Waals surface area contributed by atoms with Crippen LogP contribution >= 0.6 is 0 Å². The van der Waals surface area contributed by atoms with E-state index in [1.54, 1.807) is 28.6 Å². The van der Waals surface area contributed by atoms with Gasteiger partial charge in [-0.2, -0.15) is 4.31 Å². The van der Waals surface area contributed by atoms with Crippen LogP contribution in [-0.2, 0) is 10.0 Å². The number of fused-ring (bicyclic) bond motifs is 3. The number of quaternary nitrogens is 1. The van der Waals surface area contributed by atoms with Gasteiger partial charge in [0.25, 0.3) is 0 Å². The molecule has 0 bridgehead atoms. The summed E-state index contributed by atoms with van der Waals surface area (Å²) < 4.78 is 27.5. The third-order valence-corrected chi connectivity index (χ3v) is 7.90. The van der Waals surface area contributed by atoms with Crippen molar-refractivity contribution >= 4 is 10.0 Å². The van der Waals surface area contributed by atoms with E-state index in [2.05, 4.69) is 48.5 Å². The van der Waals surface area contributed by atoms with E-state index < -0.39 is 10.0 Å². The van der Waals surface area contributed by atoms with Crippen molar-refractivity contribution in [3.05, 3.63) is 90.0 Å². The lowest BCUT2D eigenvalue weighted by atomic mass is 10.0. The predicted octanol–water partition coefficient (Wildman–Crippen LogP) is 2.35. The Kier molecular flexibility index (Phi) is 4.31. The molecule has 5 heteroatoms. The fourth-order valence-electron chi connectivity index (χ4n) is 4.64. The van der Waals surface area contributed by atoms with Gasteiger partial charge in [0.15, 0.2) is 0 Å². The zero-order chi connectivity index (χ0) is 19.1. The monoisotopic (exact) mass is 391 g/mol. The summed E-state index contributed by atoms with van der Waals surface area (Å²) in [4.78, 5) is 1.83. The molecule has 0 amide bonds. The highest BCUT2D eigenvalue weighted by Crippen LogP contribution is 2.41. The molecule has 1 aliphatic carbocycles. The van der Waals surface area contributed by atoms with Gasteiger partial charge in [0.05, 0.1) is 31.1 Å². The smallest absolute Gasteiger partial charge is 0.243 e. The second-order valence-corrected chi connectivity index (χ2v) is 9.42. The Morgan fingerprint density at radius 3 is 1.79 bits per heavy atom. The number of rotatable bonds is 3. The zero-order valence-electron chi connectivity index (χ0n) is 15.6. The van der Waals surface area contributed by atoms with Crippen molar-refractivity contribution in [2.24, 2.45) is 0 Å². The lowest BCUT2D eigenvalue weighted by Crippen LogP contribution is -3.15. The molecule has 3 aromatic carbocycles. The van der Waals surface area contributed by atoms with E-state index in [1.807, 2.05) is 6.07 Å². The van der Waals surface area contributed by atoms with Gasteiger partial charge in [0.1, 0.15) is 6.04 Å². The van der Waals surface area contributed by atoms with Gasteiger partial charge in [-0.1, -0.05) is 66.7 Å². The van der Waals surface area contributed by atoms with E-state index in [0.717, 1.165) is 13.1 Å². The third-order valence-electron chi connectivity index (χ3n) is 5.99. The van der Waals surface area contributed by atoms with Crippen molar-refractivity contribution in [2.45, 2.75) is 10.9 Å². The molecule has 1 fully saturated rings. The Morgan fingerprint density at radius 2 is 1.21 bits per heavy atom. The highest BCUT2D eigenvalue weighted by molar-refractivity contribution is 7.89. The van der Waals surface area contributed by atoms with Crippen LogP contribution in [0.1, 0.15) is 17.2 Å². The summed E-state index contributed by atoms with van der Waals surface area (Å²) >= 11 is 0. The first-order valence-electron chi connectivity index (χ1n) is 9.74. The highest BCUT2D eigenvalue weighted by atomic mass is 32.2. The molecule has 2 aliphatic rings. The molecule has 1 N–H and O–H groups in total. The Bertz CT molecular complexity index is 1060. The zero-order valence-corrected chi connectivity index (χ0v) is 16.4. The molecular weight excluding hydrogens is 368 g/mol. The number of piperazine rings is 1. The molecule has 1 saturated heterocycles. The lowest BCUT2D eigenvalue weighted by Gasteiger charge is -2.35. The SMILES string of the molecule is O=S(=O)(c1ccccc1)N1CC[NH+](C2c3ccccc3-c3ccccc32)CC1. The van der Waals surface area contributed by atoms with Gasteiger partial charge in [-0.3, -0.25) is 0 Å². The number of benzene rings is 3. The van der Waals surface area contributed by atoms with Crippen LogP contribution in [0.2, 0.25) is 0 Å². The minimum Gasteiger partial charge on any atom is -0.323 e. The van der Waals surface area contributed by atoms with Gasteiger partial charge < -0.3 is 4.90 Å². The fourth-order valence-corrected chi connectivity index (χ4v) is 6.10. The van der Waals surface area contributed by atoms with Crippen LogP contribution in [0, 0.1) is 0 Å². The topological polar surface area (TPSA) is 41.8 Å². The number of nitrogens with zero attached hydrogens (tertiary/aromatic N) is 1. The van der Waals surface area contributed by atoms with Gasteiger partial charge in [0.2, 0.25) is 10.0 Å². The number of sulfonamides is 1. The Labute approximate surface area is 166 Å². The van der Waals surface area contributed by atoms with E-state index in [4.69, 9.17) is 0 Å². The molecule has 3 aromatic rings. The molecule has 142 valence electrons. The normalized spacial score (nSPS) is 18.0. The van der Waals surface area contributed by atoms with Crippen molar-refractivity contribution in [1.82, 2.24) is 4.31 Å². The second kappa shape index (κ2) is 6.85. The summed E-state index contributed by atoms with van der Waals surface area (Å²) in [5.74, 6) is 0. The van der Waals surface area contributed by atoms with Gasteiger partial charge in [-0.05, 0) is 23.3 Å². The average Bonchev–Trinajstić information content (AvgIpc) is 3.09. The number of hydrogen-bond donors (Lipinski definition) is 1. The maximum atomic E-state index is 12.9. The molecule has 0 unspecified atom stereocenters.